The second-order valence-electron chi connectivity index (χ2n) is 12.7. The molecule has 258 valence electrons. The highest BCUT2D eigenvalue weighted by atomic mass is 16.5. The molecule has 12 heteroatoms. The number of nitrogens with zero attached hydrogens (tertiary/aromatic N) is 1. The summed E-state index contributed by atoms with van der Waals surface area (Å²) in [7, 11) is 0. The van der Waals surface area contributed by atoms with Gasteiger partial charge in [0.1, 0.15) is 30.0 Å². The minimum absolute atomic E-state index is 0.000121. The molecule has 2 aliphatic rings. The van der Waals surface area contributed by atoms with Crippen LogP contribution in [0.5, 0.6) is 5.75 Å². The van der Waals surface area contributed by atoms with Gasteiger partial charge in [-0.3, -0.25) is 24.2 Å². The number of amides is 3. The molecule has 1 aromatic rings. The summed E-state index contributed by atoms with van der Waals surface area (Å²) in [6.07, 6.45) is 6.69. The van der Waals surface area contributed by atoms with E-state index in [-0.39, 0.29) is 31.1 Å². The van der Waals surface area contributed by atoms with E-state index in [4.69, 9.17) is 4.74 Å². The molecule has 47 heavy (non-hydrogen) atoms. The number of carbonyl (C=O) groups excluding carboxylic acids is 4. The molecule has 1 saturated heterocycles. The van der Waals surface area contributed by atoms with Gasteiger partial charge in [-0.25, -0.2) is 5.43 Å². The fraction of sp³-hybridized carbons (Fsp3) is 0.543. The van der Waals surface area contributed by atoms with Crippen LogP contribution in [0.2, 0.25) is 0 Å². The molecule has 0 aliphatic carbocycles. The van der Waals surface area contributed by atoms with E-state index in [2.05, 4.69) is 16.1 Å². The van der Waals surface area contributed by atoms with Crippen molar-refractivity contribution in [2.45, 2.75) is 103 Å². The van der Waals surface area contributed by atoms with Crippen molar-refractivity contribution in [1.29, 1.82) is 0 Å². The standard InChI is InChI=1S/C35H50N4O8/c1-6-22(4)30-16-9-7-8-15-28(41)23(5)29(42)20-31(43)37-32(21(2)3)33(44)36-27(19-24-12-10-13-25(40)18-24)34(45)39-17-11-14-26(38-39)35(46)47-30/h6-10,12-13,15,18,21,23,26-30,32,38,40-42H,11,14,16-17,19-20H2,1-5H3,(H,36,44)(H,37,43)/b9-7+,15-8+,22-6+/t23?,26-,27-,28+,29-,30-,32?/m0/s1. The highest BCUT2D eigenvalue weighted by molar-refractivity contribution is 5.92. The van der Waals surface area contributed by atoms with Crippen molar-refractivity contribution in [2.75, 3.05) is 6.54 Å². The summed E-state index contributed by atoms with van der Waals surface area (Å²) < 4.78 is 5.89. The molecule has 2 aliphatic heterocycles. The van der Waals surface area contributed by atoms with Gasteiger partial charge in [-0.05, 0) is 55.9 Å². The van der Waals surface area contributed by atoms with Crippen molar-refractivity contribution in [3.63, 3.8) is 0 Å². The number of allylic oxidation sites excluding steroid dienone is 3. The number of carbonyl (C=O) groups is 4. The predicted molar refractivity (Wildman–Crippen MR) is 176 cm³/mol. The van der Waals surface area contributed by atoms with Crippen molar-refractivity contribution >= 4 is 23.7 Å². The molecule has 0 spiro atoms. The molecule has 2 heterocycles. The fourth-order valence-corrected chi connectivity index (χ4v) is 5.42. The Morgan fingerprint density at radius 3 is 2.55 bits per heavy atom. The van der Waals surface area contributed by atoms with Crippen LogP contribution in [-0.2, 0) is 30.3 Å². The van der Waals surface area contributed by atoms with Crippen molar-refractivity contribution in [3.8, 4) is 5.75 Å². The quantitative estimate of drug-likeness (QED) is 0.210. The number of hydrogen-bond donors (Lipinski definition) is 6. The van der Waals surface area contributed by atoms with Crippen LogP contribution in [0.15, 0.2) is 60.2 Å². The number of cyclic esters (lactones) is 1. The molecule has 0 saturated carbocycles. The van der Waals surface area contributed by atoms with Crippen molar-refractivity contribution in [3.05, 3.63) is 65.8 Å². The number of esters is 1. The van der Waals surface area contributed by atoms with E-state index in [1.165, 1.54) is 23.2 Å². The first-order valence-electron chi connectivity index (χ1n) is 16.3. The van der Waals surface area contributed by atoms with Crippen LogP contribution in [-0.4, -0.2) is 87.0 Å². The van der Waals surface area contributed by atoms with Crippen molar-refractivity contribution in [2.24, 2.45) is 11.8 Å². The Hall–Kier alpha value is -4.00. The first-order valence-corrected chi connectivity index (χ1v) is 16.3. The number of rotatable bonds is 4. The Morgan fingerprint density at radius 2 is 1.87 bits per heavy atom. The lowest BCUT2D eigenvalue weighted by Crippen LogP contribution is -2.62. The Bertz CT molecular complexity index is 1340. The van der Waals surface area contributed by atoms with E-state index in [0.717, 1.165) is 5.57 Å². The topological polar surface area (TPSA) is 178 Å². The highest BCUT2D eigenvalue weighted by Gasteiger charge is 2.36. The number of aliphatic hydroxyl groups excluding tert-OH is 2. The molecule has 2 bridgehead atoms. The maximum atomic E-state index is 14.0. The molecule has 1 fully saturated rings. The molecule has 1 aromatic carbocycles. The Kier molecular flexibility index (Phi) is 14.2. The smallest absolute Gasteiger partial charge is 0.325 e. The number of hydrazine groups is 1. The number of phenols is 1. The monoisotopic (exact) mass is 654 g/mol. The van der Waals surface area contributed by atoms with Gasteiger partial charge in [0, 0.05) is 25.3 Å². The lowest BCUT2D eigenvalue weighted by molar-refractivity contribution is -0.156. The van der Waals surface area contributed by atoms with Crippen LogP contribution in [0.25, 0.3) is 0 Å². The maximum Gasteiger partial charge on any atom is 0.325 e. The summed E-state index contributed by atoms with van der Waals surface area (Å²) in [5.41, 5.74) is 4.43. The third-order valence-corrected chi connectivity index (χ3v) is 8.63. The summed E-state index contributed by atoms with van der Waals surface area (Å²) in [5, 5.41) is 38.2. The largest absolute Gasteiger partial charge is 0.508 e. The van der Waals surface area contributed by atoms with E-state index in [1.807, 2.05) is 19.9 Å². The molecular weight excluding hydrogens is 604 g/mol. The van der Waals surface area contributed by atoms with E-state index in [1.54, 1.807) is 51.1 Å². The minimum atomic E-state index is -1.20. The van der Waals surface area contributed by atoms with E-state index in [9.17, 15) is 34.5 Å². The van der Waals surface area contributed by atoms with Gasteiger partial charge in [0.25, 0.3) is 5.91 Å². The fourth-order valence-electron chi connectivity index (χ4n) is 5.42. The summed E-state index contributed by atoms with van der Waals surface area (Å²) in [4.78, 5) is 54.0. The second kappa shape index (κ2) is 17.8. The SMILES string of the molecule is C/C=C(\C)[C@@H]1C/C=C/C=C/[C@@H](O)C(C)[C@@H](O)CC(=O)NC(C(C)C)C(=O)N[C@@H](Cc2cccc(O)c2)C(=O)N2CCC[C@H](N2)C(=O)O1. The average Bonchev–Trinajstić information content (AvgIpc) is 3.04. The molecule has 0 aromatic heterocycles. The van der Waals surface area contributed by atoms with Gasteiger partial charge in [-0.1, -0.05) is 63.3 Å². The number of benzene rings is 1. The molecule has 2 unspecified atom stereocenters. The average molecular weight is 655 g/mol. The number of hydrogen-bond acceptors (Lipinski definition) is 9. The lowest BCUT2D eigenvalue weighted by Gasteiger charge is -2.36. The third-order valence-electron chi connectivity index (χ3n) is 8.63. The van der Waals surface area contributed by atoms with Crippen molar-refractivity contribution in [1.82, 2.24) is 21.1 Å². The molecule has 3 amide bonds. The van der Waals surface area contributed by atoms with Crippen LogP contribution in [0.1, 0.15) is 65.9 Å². The molecule has 0 radical (unpaired) electrons. The van der Waals surface area contributed by atoms with Crippen LogP contribution in [0, 0.1) is 11.8 Å². The third kappa shape index (κ3) is 11.0. The molecular formula is C35H50N4O8. The van der Waals surface area contributed by atoms with Gasteiger partial charge in [-0.15, -0.1) is 0 Å². The van der Waals surface area contributed by atoms with Gasteiger partial charge < -0.3 is 30.7 Å². The first-order chi connectivity index (χ1) is 22.3. The van der Waals surface area contributed by atoms with Crippen LogP contribution in [0.3, 0.4) is 0 Å². The summed E-state index contributed by atoms with van der Waals surface area (Å²) in [6, 6.07) is 3.39. The Balaban J connectivity index is 1.97. The number of aromatic hydroxyl groups is 1. The van der Waals surface area contributed by atoms with Gasteiger partial charge in [0.05, 0.1) is 18.6 Å². The van der Waals surface area contributed by atoms with Gasteiger partial charge in [-0.2, -0.15) is 0 Å². The van der Waals surface area contributed by atoms with E-state index in [0.29, 0.717) is 24.8 Å². The Morgan fingerprint density at radius 1 is 1.13 bits per heavy atom. The summed E-state index contributed by atoms with van der Waals surface area (Å²) >= 11 is 0. The maximum absolute atomic E-state index is 14.0. The van der Waals surface area contributed by atoms with Crippen LogP contribution in [0.4, 0.5) is 0 Å². The highest BCUT2D eigenvalue weighted by Crippen LogP contribution is 2.19. The van der Waals surface area contributed by atoms with Gasteiger partial charge in [0.15, 0.2) is 0 Å². The normalized spacial score (nSPS) is 30.8. The Labute approximate surface area is 276 Å². The first kappa shape index (κ1) is 37.5. The van der Waals surface area contributed by atoms with E-state index < -0.39 is 66.0 Å². The number of ether oxygens (including phenoxy) is 1. The number of aliphatic hydroxyl groups is 2. The van der Waals surface area contributed by atoms with Crippen LogP contribution >= 0.6 is 0 Å². The number of phenolic OH excluding ortho intramolecular Hbond substituents is 1. The second-order valence-corrected chi connectivity index (χ2v) is 12.7. The van der Waals surface area contributed by atoms with Crippen molar-refractivity contribution < 1.29 is 39.2 Å². The van der Waals surface area contributed by atoms with Crippen LogP contribution < -0.4 is 16.1 Å². The minimum Gasteiger partial charge on any atom is -0.508 e. The van der Waals surface area contributed by atoms with Gasteiger partial charge in [0.2, 0.25) is 11.8 Å². The molecule has 7 atom stereocenters. The lowest BCUT2D eigenvalue weighted by atomic mass is 9.94. The molecule has 6 N–H and O–H groups in total. The summed E-state index contributed by atoms with van der Waals surface area (Å²) in [5.74, 6) is -3.28. The number of nitrogens with one attached hydrogen (secondary N) is 3. The number of fused-ring (bicyclic) bond motifs is 2. The molecule has 12 nitrogen and oxygen atoms in total. The predicted octanol–water partition coefficient (Wildman–Crippen LogP) is 2.20. The zero-order valence-electron chi connectivity index (χ0n) is 27.9. The zero-order valence-corrected chi connectivity index (χ0v) is 27.9. The summed E-state index contributed by atoms with van der Waals surface area (Å²) in [6.45, 7) is 9.09. The zero-order chi connectivity index (χ0) is 34.7. The van der Waals surface area contributed by atoms with E-state index >= 15 is 0 Å². The molecule has 3 rings (SSSR count). The van der Waals surface area contributed by atoms with Gasteiger partial charge >= 0.3 is 5.97 Å².